The maximum Gasteiger partial charge on any atom is 0.240 e. The highest BCUT2D eigenvalue weighted by Crippen LogP contribution is 2.18. The van der Waals surface area contributed by atoms with Gasteiger partial charge in [-0.25, -0.2) is 13.1 Å². The number of nitrogens with one attached hydrogen (secondary N) is 1. The van der Waals surface area contributed by atoms with Crippen LogP contribution >= 0.6 is 12.4 Å². The van der Waals surface area contributed by atoms with E-state index in [1.54, 1.807) is 18.2 Å². The van der Waals surface area contributed by atoms with Gasteiger partial charge < -0.3 is 5.73 Å². The van der Waals surface area contributed by atoms with Crippen molar-refractivity contribution >= 4 is 22.4 Å². The average molecular weight is 293 g/mol. The molecule has 0 saturated carbocycles. The molecule has 0 radical (unpaired) electrons. The first-order chi connectivity index (χ1) is 7.97. The molecule has 1 rings (SSSR count). The summed E-state index contributed by atoms with van der Waals surface area (Å²) in [6, 6.07) is 7.03. The zero-order chi connectivity index (χ0) is 12.9. The van der Waals surface area contributed by atoms with E-state index < -0.39 is 10.0 Å². The Bertz CT molecular complexity index is 461. The van der Waals surface area contributed by atoms with Gasteiger partial charge in [-0.05, 0) is 36.6 Å². The Kier molecular flexibility index (Phi) is 7.47. The van der Waals surface area contributed by atoms with Gasteiger partial charge in [-0.2, -0.15) is 0 Å². The summed E-state index contributed by atoms with van der Waals surface area (Å²) in [5, 5.41) is 0. The molecule has 1 aromatic carbocycles. The second kappa shape index (κ2) is 7.74. The largest absolute Gasteiger partial charge is 0.330 e. The molecule has 0 fully saturated rings. The number of rotatable bonds is 6. The Balaban J connectivity index is 0.00000289. The van der Waals surface area contributed by atoms with Crippen LogP contribution in [0, 0.1) is 0 Å². The lowest BCUT2D eigenvalue weighted by atomic mass is 10.0. The second-order valence-electron chi connectivity index (χ2n) is 4.27. The minimum atomic E-state index is -3.39. The fourth-order valence-electron chi connectivity index (χ4n) is 1.43. The molecule has 0 aliphatic rings. The van der Waals surface area contributed by atoms with Gasteiger partial charge in [-0.15, -0.1) is 12.4 Å². The Hall–Kier alpha value is -0.620. The van der Waals surface area contributed by atoms with Crippen LogP contribution in [-0.2, 0) is 10.0 Å². The van der Waals surface area contributed by atoms with Crippen LogP contribution in [0.4, 0.5) is 0 Å². The van der Waals surface area contributed by atoms with Gasteiger partial charge in [-0.1, -0.05) is 26.0 Å². The van der Waals surface area contributed by atoms with Crippen LogP contribution in [-0.4, -0.2) is 21.5 Å². The molecule has 6 heteroatoms. The van der Waals surface area contributed by atoms with Gasteiger partial charge in [0.1, 0.15) is 0 Å². The predicted octanol–water partition coefficient (Wildman–Crippen LogP) is 1.86. The Morgan fingerprint density at radius 3 is 2.56 bits per heavy atom. The Morgan fingerprint density at radius 1 is 1.33 bits per heavy atom. The average Bonchev–Trinajstić information content (AvgIpc) is 2.29. The van der Waals surface area contributed by atoms with E-state index in [9.17, 15) is 8.42 Å². The molecule has 104 valence electrons. The van der Waals surface area contributed by atoms with E-state index in [0.29, 0.717) is 30.3 Å². The summed E-state index contributed by atoms with van der Waals surface area (Å²) in [7, 11) is -3.39. The predicted molar refractivity (Wildman–Crippen MR) is 76.6 cm³/mol. The highest BCUT2D eigenvalue weighted by atomic mass is 35.5. The van der Waals surface area contributed by atoms with Crippen molar-refractivity contribution in [3.05, 3.63) is 29.8 Å². The molecule has 1 aromatic rings. The van der Waals surface area contributed by atoms with E-state index in [2.05, 4.69) is 4.72 Å². The van der Waals surface area contributed by atoms with Crippen molar-refractivity contribution in [2.24, 2.45) is 5.73 Å². The molecule has 0 heterocycles. The van der Waals surface area contributed by atoms with Gasteiger partial charge in [0.2, 0.25) is 10.0 Å². The Morgan fingerprint density at radius 2 is 2.00 bits per heavy atom. The molecule has 0 aromatic heterocycles. The van der Waals surface area contributed by atoms with Crippen molar-refractivity contribution in [1.82, 2.24) is 4.72 Å². The number of sulfonamides is 1. The van der Waals surface area contributed by atoms with Gasteiger partial charge in [0.05, 0.1) is 4.90 Å². The molecule has 0 saturated heterocycles. The number of hydrogen-bond donors (Lipinski definition) is 2. The quantitative estimate of drug-likeness (QED) is 0.786. The molecule has 3 N–H and O–H groups in total. The zero-order valence-electron chi connectivity index (χ0n) is 10.7. The molecule has 4 nitrogen and oxygen atoms in total. The van der Waals surface area contributed by atoms with Gasteiger partial charge in [0, 0.05) is 6.54 Å². The summed E-state index contributed by atoms with van der Waals surface area (Å²) in [5.41, 5.74) is 6.35. The fourth-order valence-corrected chi connectivity index (χ4v) is 2.56. The van der Waals surface area contributed by atoms with Crippen molar-refractivity contribution in [1.29, 1.82) is 0 Å². The maximum atomic E-state index is 11.9. The summed E-state index contributed by atoms with van der Waals surface area (Å²) in [4.78, 5) is 0.320. The lowest BCUT2D eigenvalue weighted by Crippen LogP contribution is -2.26. The molecule has 0 amide bonds. The highest BCUT2D eigenvalue weighted by Gasteiger charge is 2.13. The topological polar surface area (TPSA) is 72.2 Å². The van der Waals surface area contributed by atoms with E-state index in [0.717, 1.165) is 5.56 Å². The van der Waals surface area contributed by atoms with Crippen LogP contribution in [0.1, 0.15) is 31.7 Å². The van der Waals surface area contributed by atoms with Crippen LogP contribution in [0.25, 0.3) is 0 Å². The SMILES string of the molecule is CC(C)c1cccc(S(=O)(=O)NCCCN)c1.Cl. The minimum Gasteiger partial charge on any atom is -0.330 e. The van der Waals surface area contributed by atoms with Gasteiger partial charge >= 0.3 is 0 Å². The number of benzene rings is 1. The Labute approximate surface area is 115 Å². The molecule has 0 unspecified atom stereocenters. The molecule has 0 spiro atoms. The lowest BCUT2D eigenvalue weighted by molar-refractivity contribution is 0.579. The fraction of sp³-hybridized carbons (Fsp3) is 0.500. The van der Waals surface area contributed by atoms with Gasteiger partial charge in [-0.3, -0.25) is 0 Å². The molecule has 0 aliphatic carbocycles. The molecule has 0 aliphatic heterocycles. The number of hydrogen-bond acceptors (Lipinski definition) is 3. The van der Waals surface area contributed by atoms with E-state index in [1.165, 1.54) is 0 Å². The molecule has 0 atom stereocenters. The van der Waals surface area contributed by atoms with E-state index in [1.807, 2.05) is 19.9 Å². The monoisotopic (exact) mass is 292 g/mol. The first-order valence-corrected chi connectivity index (χ1v) is 7.25. The molecule has 0 bridgehead atoms. The van der Waals surface area contributed by atoms with E-state index in [-0.39, 0.29) is 12.4 Å². The van der Waals surface area contributed by atoms with Crippen LogP contribution in [0.5, 0.6) is 0 Å². The lowest BCUT2D eigenvalue weighted by Gasteiger charge is -2.09. The minimum absolute atomic E-state index is 0. The smallest absolute Gasteiger partial charge is 0.240 e. The summed E-state index contributed by atoms with van der Waals surface area (Å²) >= 11 is 0. The summed E-state index contributed by atoms with van der Waals surface area (Å²) in [5.74, 6) is 0.314. The van der Waals surface area contributed by atoms with Crippen molar-refractivity contribution < 1.29 is 8.42 Å². The summed E-state index contributed by atoms with van der Waals surface area (Å²) in [6.07, 6.45) is 0.642. The highest BCUT2D eigenvalue weighted by molar-refractivity contribution is 7.89. The second-order valence-corrected chi connectivity index (χ2v) is 6.03. The standard InChI is InChI=1S/C12H20N2O2S.ClH/c1-10(2)11-5-3-6-12(9-11)17(15,16)14-8-4-7-13;/h3,5-6,9-10,14H,4,7-8,13H2,1-2H3;1H. The van der Waals surface area contributed by atoms with Crippen molar-refractivity contribution in [2.75, 3.05) is 13.1 Å². The van der Waals surface area contributed by atoms with Crippen molar-refractivity contribution in [3.8, 4) is 0 Å². The van der Waals surface area contributed by atoms with Crippen LogP contribution in [0.15, 0.2) is 29.2 Å². The van der Waals surface area contributed by atoms with Crippen LogP contribution in [0.3, 0.4) is 0 Å². The normalized spacial score (nSPS) is 11.3. The first kappa shape index (κ1) is 17.4. The molecular weight excluding hydrogens is 272 g/mol. The number of halogens is 1. The molecule has 18 heavy (non-hydrogen) atoms. The third kappa shape index (κ3) is 4.94. The van der Waals surface area contributed by atoms with Crippen LogP contribution in [0.2, 0.25) is 0 Å². The first-order valence-electron chi connectivity index (χ1n) is 5.77. The van der Waals surface area contributed by atoms with Crippen LogP contribution < -0.4 is 10.5 Å². The van der Waals surface area contributed by atoms with Crippen molar-refractivity contribution in [2.45, 2.75) is 31.1 Å². The summed E-state index contributed by atoms with van der Waals surface area (Å²) in [6.45, 7) is 4.93. The zero-order valence-corrected chi connectivity index (χ0v) is 12.4. The van der Waals surface area contributed by atoms with Crippen molar-refractivity contribution in [3.63, 3.8) is 0 Å². The maximum absolute atomic E-state index is 11.9. The van der Waals surface area contributed by atoms with E-state index in [4.69, 9.17) is 5.73 Å². The third-order valence-corrected chi connectivity index (χ3v) is 3.97. The molecular formula is C12H21ClN2O2S. The summed E-state index contributed by atoms with van der Waals surface area (Å²) < 4.78 is 26.4. The van der Waals surface area contributed by atoms with Gasteiger partial charge in [0.15, 0.2) is 0 Å². The van der Waals surface area contributed by atoms with E-state index >= 15 is 0 Å². The van der Waals surface area contributed by atoms with Gasteiger partial charge in [0.25, 0.3) is 0 Å². The number of nitrogens with two attached hydrogens (primary N) is 1. The third-order valence-electron chi connectivity index (χ3n) is 2.51.